The molecular weight excluding hydrogens is 638 g/mol. The highest BCUT2D eigenvalue weighted by molar-refractivity contribution is 7.60. The average Bonchev–Trinajstić information content (AvgIpc) is 3.01. The molecule has 0 spiro atoms. The predicted octanol–water partition coefficient (Wildman–Crippen LogP) is 14.7. The summed E-state index contributed by atoms with van der Waals surface area (Å²) in [5, 5.41) is 1.54. The molecule has 7 rings (SSSR count). The maximum atomic E-state index is 2.82. The quantitative estimate of drug-likeness (QED) is 0.174. The van der Waals surface area contributed by atoms with Crippen LogP contribution in [0.3, 0.4) is 0 Å². The summed E-state index contributed by atoms with van der Waals surface area (Å²) in [5.41, 5.74) is 9.59. The zero-order valence-corrected chi connectivity index (χ0v) is 35.6. The lowest BCUT2D eigenvalue weighted by atomic mass is 9.56. The summed E-state index contributed by atoms with van der Waals surface area (Å²) in [6.07, 6.45) is 13.9. The first kappa shape index (κ1) is 38.3. The van der Waals surface area contributed by atoms with Crippen molar-refractivity contribution in [3.05, 3.63) is 106 Å². The number of benzene rings is 3. The van der Waals surface area contributed by atoms with E-state index in [-0.39, 0.29) is 15.8 Å². The summed E-state index contributed by atoms with van der Waals surface area (Å²) in [6.45, 7) is 28.1. The molecule has 4 fully saturated rings. The van der Waals surface area contributed by atoms with Gasteiger partial charge in [-0.15, -0.1) is 0 Å². The molecule has 50 heavy (non-hydrogen) atoms. The molecule has 2 heteroatoms. The first-order valence-electron chi connectivity index (χ1n) is 20.2. The van der Waals surface area contributed by atoms with E-state index in [4.69, 9.17) is 0 Å². The maximum absolute atomic E-state index is 2.82. The molecule has 0 aliphatic heterocycles. The highest BCUT2D eigenvalue weighted by Crippen LogP contribution is 2.74. The van der Waals surface area contributed by atoms with Crippen LogP contribution < -0.4 is 0 Å². The van der Waals surface area contributed by atoms with Crippen molar-refractivity contribution in [1.29, 1.82) is 0 Å². The molecule has 3 atom stereocenters. The summed E-state index contributed by atoms with van der Waals surface area (Å²) in [4.78, 5) is 0. The van der Waals surface area contributed by atoms with Gasteiger partial charge in [-0.25, -0.2) is 0 Å². The number of hydrogen-bond acceptors (Lipinski definition) is 0. The molecule has 0 aromatic heterocycles. The molecule has 272 valence electrons. The summed E-state index contributed by atoms with van der Waals surface area (Å²) in [6, 6.07) is 28.2. The van der Waals surface area contributed by atoms with Gasteiger partial charge in [-0.05, 0) is 147 Å². The minimum absolute atomic E-state index is 0.187. The zero-order chi connectivity index (χ0) is 36.1. The molecule has 3 aromatic carbocycles. The van der Waals surface area contributed by atoms with Crippen LogP contribution >= 0.6 is 15.8 Å². The van der Waals surface area contributed by atoms with Gasteiger partial charge >= 0.3 is 0 Å². The molecule has 0 radical (unpaired) electrons. The van der Waals surface area contributed by atoms with Gasteiger partial charge in [0, 0.05) is 0 Å². The van der Waals surface area contributed by atoms with Gasteiger partial charge in [-0.2, -0.15) is 0 Å². The third kappa shape index (κ3) is 8.66. The third-order valence-corrected chi connectivity index (χ3v) is 20.8. The van der Waals surface area contributed by atoms with Crippen molar-refractivity contribution >= 4 is 15.8 Å². The van der Waals surface area contributed by atoms with E-state index in [1.165, 1.54) is 62.0 Å². The van der Waals surface area contributed by atoms with Crippen LogP contribution in [0.15, 0.2) is 72.8 Å². The minimum atomic E-state index is -0.253. The van der Waals surface area contributed by atoms with Gasteiger partial charge in [0.1, 0.15) is 0 Å². The van der Waals surface area contributed by atoms with E-state index in [0.717, 1.165) is 30.6 Å². The van der Waals surface area contributed by atoms with Crippen molar-refractivity contribution in [3.63, 3.8) is 0 Å². The highest BCUT2D eigenvalue weighted by Gasteiger charge is 2.56. The van der Waals surface area contributed by atoms with Gasteiger partial charge in [0.2, 0.25) is 0 Å². The van der Waals surface area contributed by atoms with E-state index in [1.807, 2.05) is 0 Å². The Balaban J connectivity index is 1.49. The maximum Gasteiger partial charge on any atom is -0.00604 e. The Morgan fingerprint density at radius 2 is 0.940 bits per heavy atom. The Bertz CT molecular complexity index is 1520. The molecule has 0 saturated heterocycles. The predicted molar refractivity (Wildman–Crippen MR) is 225 cm³/mol. The minimum Gasteiger partial charge on any atom is -0.0911 e. The normalized spacial score (nSPS) is 25.6. The first-order chi connectivity index (χ1) is 23.4. The molecule has 0 nitrogen and oxygen atoms in total. The van der Waals surface area contributed by atoms with Crippen LogP contribution in [-0.4, -0.2) is 20.6 Å². The Labute approximate surface area is 310 Å². The molecule has 3 unspecified atom stereocenters. The van der Waals surface area contributed by atoms with Crippen LogP contribution in [0.4, 0.5) is 0 Å². The van der Waals surface area contributed by atoms with Crippen molar-refractivity contribution in [2.45, 2.75) is 172 Å². The fraction of sp³-hybridized carbons (Fsp3) is 0.625. The van der Waals surface area contributed by atoms with Gasteiger partial charge in [0.25, 0.3) is 0 Å². The fourth-order valence-electron chi connectivity index (χ4n) is 11.4. The smallest absolute Gasteiger partial charge is 0.00604 e. The number of rotatable bonds is 11. The molecule has 4 aliphatic rings. The summed E-state index contributed by atoms with van der Waals surface area (Å²) in [7, 11) is -0.439. The van der Waals surface area contributed by atoms with Gasteiger partial charge in [0.15, 0.2) is 0 Å². The van der Waals surface area contributed by atoms with Gasteiger partial charge in [-0.3, -0.25) is 0 Å². The van der Waals surface area contributed by atoms with Crippen molar-refractivity contribution in [2.24, 2.45) is 17.8 Å². The molecule has 0 heterocycles. The van der Waals surface area contributed by atoms with Crippen LogP contribution in [0.5, 0.6) is 0 Å². The van der Waals surface area contributed by atoms with Crippen molar-refractivity contribution in [3.8, 4) is 0 Å². The second-order valence-corrected chi connectivity index (χ2v) is 27.6. The fourth-order valence-corrected chi connectivity index (χ4v) is 19.3. The summed E-state index contributed by atoms with van der Waals surface area (Å²) >= 11 is 0. The molecular formula is C48H70P2. The average molecular weight is 709 g/mol. The van der Waals surface area contributed by atoms with Crippen LogP contribution in [0, 0.1) is 17.8 Å². The molecule has 0 amide bonds. The van der Waals surface area contributed by atoms with Crippen LogP contribution in [0.25, 0.3) is 0 Å². The summed E-state index contributed by atoms with van der Waals surface area (Å²) < 4.78 is 0. The van der Waals surface area contributed by atoms with E-state index >= 15 is 0 Å². The zero-order valence-electron chi connectivity index (χ0n) is 33.8. The van der Waals surface area contributed by atoms with E-state index in [0.29, 0.717) is 32.5 Å². The van der Waals surface area contributed by atoms with Gasteiger partial charge in [0.05, 0.1) is 0 Å². The van der Waals surface area contributed by atoms with Gasteiger partial charge < -0.3 is 0 Å². The number of hydrogen-bond donors (Lipinski definition) is 0. The lowest BCUT2D eigenvalue weighted by molar-refractivity contribution is 0.0347. The Kier molecular flexibility index (Phi) is 11.3. The van der Waals surface area contributed by atoms with E-state index in [2.05, 4.69) is 149 Å². The second-order valence-electron chi connectivity index (χ2n) is 20.3. The molecule has 0 N–H and O–H groups in total. The van der Waals surface area contributed by atoms with Crippen LogP contribution in [0.2, 0.25) is 0 Å². The lowest BCUT2D eigenvalue weighted by Crippen LogP contribution is -2.51. The summed E-state index contributed by atoms with van der Waals surface area (Å²) in [5.74, 6) is 3.97. The van der Waals surface area contributed by atoms with Crippen LogP contribution in [0.1, 0.15) is 160 Å². The van der Waals surface area contributed by atoms with E-state index < -0.39 is 0 Å². The first-order valence-corrected chi connectivity index (χ1v) is 23.3. The van der Waals surface area contributed by atoms with Gasteiger partial charge in [-0.1, -0.05) is 165 Å². The second kappa shape index (κ2) is 14.7. The highest BCUT2D eigenvalue weighted by atomic mass is 31.1. The van der Waals surface area contributed by atoms with E-state index in [1.54, 1.807) is 22.3 Å². The Morgan fingerprint density at radius 1 is 0.560 bits per heavy atom. The molecule has 4 saturated carbocycles. The molecule has 4 bridgehead atoms. The molecule has 4 aliphatic carbocycles. The van der Waals surface area contributed by atoms with Crippen molar-refractivity contribution in [1.82, 2.24) is 0 Å². The SMILES string of the molecule is CC(Cc1ccccc1)c1cc(CP(C(C)(C)C)C(C)(C)C)c(CP(C(C)(C)C)C23CC4CC(CC(C4)C2)C3)cc1C(C)Cc1ccccc1. The Hall–Kier alpha value is -1.48. The largest absolute Gasteiger partial charge is 0.0911 e. The monoisotopic (exact) mass is 708 g/mol. The lowest BCUT2D eigenvalue weighted by Gasteiger charge is -2.62. The third-order valence-electron chi connectivity index (χ3n) is 12.9. The van der Waals surface area contributed by atoms with E-state index in [9.17, 15) is 0 Å². The van der Waals surface area contributed by atoms with Crippen LogP contribution in [-0.2, 0) is 25.2 Å². The Morgan fingerprint density at radius 3 is 1.30 bits per heavy atom. The van der Waals surface area contributed by atoms with Crippen molar-refractivity contribution < 1.29 is 0 Å². The topological polar surface area (TPSA) is 0 Å². The van der Waals surface area contributed by atoms with Crippen molar-refractivity contribution in [2.75, 3.05) is 0 Å². The standard InChI is InChI=1S/C48H70P2/c1-34(22-36-18-14-12-15-19-36)43-27-41(32-49(45(3,4)5)46(6,7)8)42(28-44(43)35(2)23-37-20-16-13-17-21-37)33-50(47(9,10)11)48-29-38-24-39(30-48)26-40(25-38)31-48/h12-21,27-28,34-35,38-40H,22-26,29-33H2,1-11H3. The molecule has 3 aromatic rings.